The number of nitrogens with one attached hydrogen (secondary N) is 1. The van der Waals surface area contributed by atoms with E-state index < -0.39 is 0 Å². The van der Waals surface area contributed by atoms with E-state index in [1.54, 1.807) is 11.3 Å². The molecule has 0 aromatic carbocycles. The Morgan fingerprint density at radius 3 is 2.05 bits per heavy atom. The number of nitrogens with zero attached hydrogens (tertiary/aromatic N) is 1. The van der Waals surface area contributed by atoms with Crippen LogP contribution >= 0.6 is 11.3 Å². The van der Waals surface area contributed by atoms with Gasteiger partial charge in [0.15, 0.2) is 0 Å². The summed E-state index contributed by atoms with van der Waals surface area (Å²) in [4.78, 5) is 4.36. The summed E-state index contributed by atoms with van der Waals surface area (Å²) in [7, 11) is 0. The van der Waals surface area contributed by atoms with E-state index in [9.17, 15) is 0 Å². The summed E-state index contributed by atoms with van der Waals surface area (Å²) in [5.41, 5.74) is 3.13. The Hall–Kier alpha value is -0.410. The highest BCUT2D eigenvalue weighted by atomic mass is 32.1. The third-order valence-electron chi connectivity index (χ3n) is 4.16. The minimum Gasteiger partial charge on any atom is -0.308 e. The fourth-order valence-corrected chi connectivity index (χ4v) is 3.50. The van der Waals surface area contributed by atoms with Crippen molar-refractivity contribution in [2.24, 2.45) is 0 Å². The summed E-state index contributed by atoms with van der Waals surface area (Å²) in [6.07, 6.45) is 15.6. The van der Waals surface area contributed by atoms with Gasteiger partial charge >= 0.3 is 0 Å². The van der Waals surface area contributed by atoms with Crippen LogP contribution in [0.3, 0.4) is 0 Å². The van der Waals surface area contributed by atoms with Gasteiger partial charge in [-0.25, -0.2) is 4.98 Å². The van der Waals surface area contributed by atoms with E-state index in [0.29, 0.717) is 6.04 Å². The predicted octanol–water partition coefficient (Wildman–Crippen LogP) is 4.91. The molecule has 0 radical (unpaired) electrons. The number of aromatic nitrogens is 1. The lowest BCUT2D eigenvalue weighted by atomic mass is 9.98. The van der Waals surface area contributed by atoms with Crippen LogP contribution in [-0.2, 0) is 6.54 Å². The Balaban J connectivity index is 1.71. The van der Waals surface area contributed by atoms with Crippen molar-refractivity contribution in [3.05, 3.63) is 16.6 Å². The quantitative estimate of drug-likeness (QED) is 0.851. The van der Waals surface area contributed by atoms with Crippen molar-refractivity contribution in [3.63, 3.8) is 0 Å². The van der Waals surface area contributed by atoms with Crippen molar-refractivity contribution in [2.45, 2.75) is 83.2 Å². The predicted molar refractivity (Wildman–Crippen MR) is 83.5 cm³/mol. The van der Waals surface area contributed by atoms with Crippen molar-refractivity contribution in [2.75, 3.05) is 0 Å². The molecule has 0 spiro atoms. The molecule has 1 fully saturated rings. The van der Waals surface area contributed by atoms with Crippen LogP contribution in [0.5, 0.6) is 0 Å². The third-order valence-corrected chi connectivity index (χ3v) is 4.80. The van der Waals surface area contributed by atoms with Crippen LogP contribution in [0.25, 0.3) is 0 Å². The SMILES string of the molecule is c1nc(CNC2CCCCCCCCCCC2)cs1. The standard InChI is InChI=1S/C16H28N2S/c1-2-4-6-8-10-15(11-9-7-5-3-1)17-12-16-13-19-14-18-16/h13-15,17H,1-12H2. The molecular weight excluding hydrogens is 252 g/mol. The highest BCUT2D eigenvalue weighted by Crippen LogP contribution is 2.17. The van der Waals surface area contributed by atoms with E-state index in [0.717, 1.165) is 6.54 Å². The van der Waals surface area contributed by atoms with Gasteiger partial charge in [0.2, 0.25) is 0 Å². The number of thiazole rings is 1. The fraction of sp³-hybridized carbons (Fsp3) is 0.812. The number of rotatable bonds is 3. The van der Waals surface area contributed by atoms with Gasteiger partial charge in [-0.2, -0.15) is 0 Å². The smallest absolute Gasteiger partial charge is 0.0795 e. The van der Waals surface area contributed by atoms with Gasteiger partial charge in [0.25, 0.3) is 0 Å². The number of hydrogen-bond donors (Lipinski definition) is 1. The molecule has 2 rings (SSSR count). The highest BCUT2D eigenvalue weighted by Gasteiger charge is 2.09. The zero-order chi connectivity index (χ0) is 13.2. The first-order valence-electron chi connectivity index (χ1n) is 8.05. The Morgan fingerprint density at radius 1 is 0.947 bits per heavy atom. The maximum Gasteiger partial charge on any atom is 0.0795 e. The lowest BCUT2D eigenvalue weighted by Crippen LogP contribution is -2.28. The van der Waals surface area contributed by atoms with Crippen LogP contribution in [-0.4, -0.2) is 11.0 Å². The summed E-state index contributed by atoms with van der Waals surface area (Å²) in [6.45, 7) is 0.953. The van der Waals surface area contributed by atoms with Gasteiger partial charge in [0, 0.05) is 18.0 Å². The van der Waals surface area contributed by atoms with Gasteiger partial charge < -0.3 is 5.32 Å². The molecule has 2 nitrogen and oxygen atoms in total. The molecule has 0 unspecified atom stereocenters. The molecule has 1 aromatic heterocycles. The minimum atomic E-state index is 0.709. The summed E-state index contributed by atoms with van der Waals surface area (Å²) >= 11 is 1.69. The maximum atomic E-state index is 4.36. The monoisotopic (exact) mass is 280 g/mol. The normalized spacial score (nSPS) is 20.6. The molecule has 19 heavy (non-hydrogen) atoms. The zero-order valence-corrected chi connectivity index (χ0v) is 12.9. The van der Waals surface area contributed by atoms with Gasteiger partial charge in [0.1, 0.15) is 0 Å². The van der Waals surface area contributed by atoms with E-state index in [2.05, 4.69) is 15.7 Å². The highest BCUT2D eigenvalue weighted by molar-refractivity contribution is 7.07. The van der Waals surface area contributed by atoms with Crippen LogP contribution < -0.4 is 5.32 Å². The van der Waals surface area contributed by atoms with Crippen LogP contribution in [0.1, 0.15) is 76.3 Å². The maximum absolute atomic E-state index is 4.36. The number of hydrogen-bond acceptors (Lipinski definition) is 3. The van der Waals surface area contributed by atoms with Crippen molar-refractivity contribution in [3.8, 4) is 0 Å². The molecule has 1 heterocycles. The second-order valence-corrected chi connectivity index (χ2v) is 6.54. The van der Waals surface area contributed by atoms with E-state index >= 15 is 0 Å². The van der Waals surface area contributed by atoms with Crippen molar-refractivity contribution >= 4 is 11.3 Å². The minimum absolute atomic E-state index is 0.709. The molecule has 1 aromatic rings. The molecule has 108 valence electrons. The molecule has 1 N–H and O–H groups in total. The van der Waals surface area contributed by atoms with Gasteiger partial charge in [-0.1, -0.05) is 57.8 Å². The van der Waals surface area contributed by atoms with E-state index in [1.165, 1.54) is 76.3 Å². The summed E-state index contributed by atoms with van der Waals surface area (Å²) in [5, 5.41) is 5.88. The Labute approximate surface area is 122 Å². The van der Waals surface area contributed by atoms with Crippen LogP contribution in [0, 0.1) is 0 Å². The van der Waals surface area contributed by atoms with Crippen molar-refractivity contribution in [1.29, 1.82) is 0 Å². The van der Waals surface area contributed by atoms with Crippen LogP contribution in [0.15, 0.2) is 10.9 Å². The second kappa shape index (κ2) is 9.49. The zero-order valence-electron chi connectivity index (χ0n) is 12.1. The molecular formula is C16H28N2S. The molecule has 0 amide bonds. The summed E-state index contributed by atoms with van der Waals surface area (Å²) in [5.74, 6) is 0. The van der Waals surface area contributed by atoms with E-state index in [4.69, 9.17) is 0 Å². The first kappa shape index (κ1) is 15.0. The first-order valence-corrected chi connectivity index (χ1v) is 9.00. The van der Waals surface area contributed by atoms with Gasteiger partial charge in [-0.3, -0.25) is 0 Å². The lowest BCUT2D eigenvalue weighted by Gasteiger charge is -2.19. The molecule has 0 bridgehead atoms. The molecule has 0 saturated heterocycles. The van der Waals surface area contributed by atoms with Crippen LogP contribution in [0.4, 0.5) is 0 Å². The summed E-state index contributed by atoms with van der Waals surface area (Å²) < 4.78 is 0. The van der Waals surface area contributed by atoms with Crippen molar-refractivity contribution < 1.29 is 0 Å². The average molecular weight is 280 g/mol. The first-order chi connectivity index (χ1) is 9.45. The summed E-state index contributed by atoms with van der Waals surface area (Å²) in [6, 6.07) is 0.709. The van der Waals surface area contributed by atoms with Crippen LogP contribution in [0.2, 0.25) is 0 Å². The Kier molecular flexibility index (Phi) is 7.48. The molecule has 1 saturated carbocycles. The molecule has 3 heteroatoms. The average Bonchev–Trinajstić information content (AvgIpc) is 2.91. The van der Waals surface area contributed by atoms with Gasteiger partial charge in [-0.15, -0.1) is 11.3 Å². The molecule has 1 aliphatic rings. The molecule has 1 aliphatic carbocycles. The molecule has 0 aliphatic heterocycles. The molecule has 0 atom stereocenters. The topological polar surface area (TPSA) is 24.9 Å². The van der Waals surface area contributed by atoms with Crippen molar-refractivity contribution in [1.82, 2.24) is 10.3 Å². The largest absolute Gasteiger partial charge is 0.308 e. The van der Waals surface area contributed by atoms with E-state index in [1.807, 2.05) is 5.51 Å². The van der Waals surface area contributed by atoms with Gasteiger partial charge in [-0.05, 0) is 12.8 Å². The lowest BCUT2D eigenvalue weighted by molar-refractivity contribution is 0.402. The van der Waals surface area contributed by atoms with E-state index in [-0.39, 0.29) is 0 Å². The third kappa shape index (κ3) is 6.53. The Morgan fingerprint density at radius 2 is 1.53 bits per heavy atom. The van der Waals surface area contributed by atoms with Gasteiger partial charge in [0.05, 0.1) is 11.2 Å². The Bertz CT molecular complexity index is 299. The fourth-order valence-electron chi connectivity index (χ4n) is 2.94. The second-order valence-electron chi connectivity index (χ2n) is 5.82.